The Bertz CT molecular complexity index is 2850. The van der Waals surface area contributed by atoms with Crippen molar-refractivity contribution in [3.63, 3.8) is 0 Å². The summed E-state index contributed by atoms with van der Waals surface area (Å²) in [7, 11) is 0. The van der Waals surface area contributed by atoms with Crippen molar-refractivity contribution in [3.05, 3.63) is 192 Å². The smallest absolute Gasteiger partial charge is 0.152 e. The Balaban J connectivity index is 1.14. The van der Waals surface area contributed by atoms with Gasteiger partial charge in [-0.2, -0.15) is 0 Å². The summed E-state index contributed by atoms with van der Waals surface area (Å²) in [6.45, 7) is 9.40. The minimum atomic E-state index is -0.257. The number of nitrogens with zero attached hydrogens (tertiary/aromatic N) is 2. The number of para-hydroxylation sites is 1. The summed E-state index contributed by atoms with van der Waals surface area (Å²) >= 11 is 0. The molecule has 0 bridgehead atoms. The van der Waals surface area contributed by atoms with Crippen molar-refractivity contribution in [2.45, 2.75) is 38.5 Å². The molecule has 0 amide bonds. The van der Waals surface area contributed by atoms with Crippen molar-refractivity contribution in [1.29, 1.82) is 0 Å². The van der Waals surface area contributed by atoms with E-state index in [1.165, 1.54) is 61.0 Å². The van der Waals surface area contributed by atoms with Gasteiger partial charge in [-0.15, -0.1) is 0 Å². The van der Waals surface area contributed by atoms with Gasteiger partial charge in [0.15, 0.2) is 11.5 Å². The van der Waals surface area contributed by atoms with Gasteiger partial charge in [-0.05, 0) is 98.4 Å². The van der Waals surface area contributed by atoms with Gasteiger partial charge in [0.2, 0.25) is 0 Å². The van der Waals surface area contributed by atoms with Crippen LogP contribution < -0.4 is 14.5 Å². The molecule has 3 nitrogen and oxygen atoms in total. The zero-order valence-corrected chi connectivity index (χ0v) is 31.5. The second kappa shape index (κ2) is 11.5. The average molecular weight is 709 g/mol. The highest BCUT2D eigenvalue weighted by Crippen LogP contribution is 2.62. The molecule has 1 aliphatic carbocycles. The van der Waals surface area contributed by atoms with E-state index in [0.29, 0.717) is 0 Å². The predicted octanol–water partition coefficient (Wildman–Crippen LogP) is 14.5. The van der Waals surface area contributed by atoms with Crippen LogP contribution in [0.2, 0.25) is 0 Å². The Kier molecular flexibility index (Phi) is 6.65. The highest BCUT2D eigenvalue weighted by molar-refractivity contribution is 6.06. The maximum absolute atomic E-state index is 6.74. The third kappa shape index (κ3) is 4.56. The van der Waals surface area contributed by atoms with Crippen molar-refractivity contribution in [3.8, 4) is 33.8 Å². The minimum absolute atomic E-state index is 0.122. The number of fused-ring (bicyclic) bond motifs is 9. The van der Waals surface area contributed by atoms with Crippen LogP contribution in [0.5, 0.6) is 11.5 Å². The van der Waals surface area contributed by atoms with Gasteiger partial charge in [0.05, 0.1) is 17.1 Å². The van der Waals surface area contributed by atoms with Crippen molar-refractivity contribution in [1.82, 2.24) is 0 Å². The van der Waals surface area contributed by atoms with Gasteiger partial charge in [0.25, 0.3) is 0 Å². The van der Waals surface area contributed by atoms with Gasteiger partial charge < -0.3 is 14.5 Å². The van der Waals surface area contributed by atoms with E-state index in [2.05, 4.69) is 207 Å². The molecule has 0 spiro atoms. The van der Waals surface area contributed by atoms with Crippen LogP contribution in [-0.4, -0.2) is 0 Å². The molecule has 0 unspecified atom stereocenters. The van der Waals surface area contributed by atoms with Crippen LogP contribution in [0.3, 0.4) is 0 Å². The van der Waals surface area contributed by atoms with Crippen molar-refractivity contribution >= 4 is 44.9 Å². The zero-order valence-electron chi connectivity index (χ0n) is 31.5. The fraction of sp³-hybridized carbons (Fsp3) is 0.115. The van der Waals surface area contributed by atoms with E-state index >= 15 is 0 Å². The molecule has 11 rings (SSSR count). The normalized spacial score (nSPS) is 14.9. The lowest BCUT2D eigenvalue weighted by molar-refractivity contribution is 0.472. The Morgan fingerprint density at radius 2 is 1.07 bits per heavy atom. The first kappa shape index (κ1) is 31.9. The molecule has 0 saturated heterocycles. The highest BCUT2D eigenvalue weighted by Gasteiger charge is 2.42. The molecule has 0 radical (unpaired) electrons. The molecule has 0 aromatic heterocycles. The molecular formula is C52H40N2O. The second-order valence-corrected chi connectivity index (χ2v) is 16.2. The van der Waals surface area contributed by atoms with Gasteiger partial charge in [-0.1, -0.05) is 149 Å². The van der Waals surface area contributed by atoms with Crippen LogP contribution in [-0.2, 0) is 10.8 Å². The van der Waals surface area contributed by atoms with Gasteiger partial charge in [-0.25, -0.2) is 0 Å². The molecule has 8 aromatic carbocycles. The highest BCUT2D eigenvalue weighted by atomic mass is 16.5. The minimum Gasteiger partial charge on any atom is -0.453 e. The van der Waals surface area contributed by atoms with E-state index in [4.69, 9.17) is 4.74 Å². The Morgan fingerprint density at radius 3 is 1.93 bits per heavy atom. The average Bonchev–Trinajstić information content (AvgIpc) is 3.45. The van der Waals surface area contributed by atoms with E-state index in [0.717, 1.165) is 39.9 Å². The maximum atomic E-state index is 6.74. The molecule has 0 fully saturated rings. The quantitative estimate of drug-likeness (QED) is 0.181. The number of ether oxygens (including phenoxy) is 1. The summed E-state index contributed by atoms with van der Waals surface area (Å²) in [5, 5.41) is 2.36. The first-order valence-electron chi connectivity index (χ1n) is 19.3. The molecular weight excluding hydrogens is 669 g/mol. The summed E-state index contributed by atoms with van der Waals surface area (Å²) in [4.78, 5) is 4.92. The van der Waals surface area contributed by atoms with Crippen LogP contribution >= 0.6 is 0 Å². The van der Waals surface area contributed by atoms with E-state index in [9.17, 15) is 0 Å². The van der Waals surface area contributed by atoms with Crippen LogP contribution in [0.15, 0.2) is 170 Å². The first-order valence-corrected chi connectivity index (χ1v) is 19.3. The number of rotatable bonds is 4. The maximum Gasteiger partial charge on any atom is 0.152 e. The van der Waals surface area contributed by atoms with E-state index < -0.39 is 0 Å². The van der Waals surface area contributed by atoms with E-state index in [-0.39, 0.29) is 10.8 Å². The molecule has 55 heavy (non-hydrogen) atoms. The first-order chi connectivity index (χ1) is 26.8. The van der Waals surface area contributed by atoms with E-state index in [1.54, 1.807) is 0 Å². The van der Waals surface area contributed by atoms with Crippen LogP contribution in [0, 0.1) is 0 Å². The Hall–Kier alpha value is -6.58. The van der Waals surface area contributed by atoms with Gasteiger partial charge >= 0.3 is 0 Å². The zero-order chi connectivity index (χ0) is 37.1. The molecule has 8 aromatic rings. The molecule has 3 aliphatic rings. The summed E-state index contributed by atoms with van der Waals surface area (Å²) in [5.41, 5.74) is 16.7. The lowest BCUT2D eigenvalue weighted by Gasteiger charge is -2.45. The Labute approximate surface area is 322 Å². The van der Waals surface area contributed by atoms with Gasteiger partial charge in [0, 0.05) is 33.3 Å². The number of hydrogen-bond acceptors (Lipinski definition) is 3. The molecule has 2 heterocycles. The third-order valence-corrected chi connectivity index (χ3v) is 12.4. The van der Waals surface area contributed by atoms with Crippen LogP contribution in [0.4, 0.5) is 34.1 Å². The standard InChI is InChI=1S/C52H40N2O/c1-51(2)42-18-11-10-17-40(42)41-28-26-37(31-45(41)51)53(36-24-21-34(22-25-36)33-13-6-5-7-14-33)38-27-29-43-46(32-38)54-49-39-16-9-8-15-35(39)23-30-48(49)55-47-20-12-19-44(50(47)54)52(43,3)4/h5-32H,1-4H3. The number of anilines is 6. The molecule has 2 aliphatic heterocycles. The summed E-state index contributed by atoms with van der Waals surface area (Å²) in [6, 6.07) is 62.1. The summed E-state index contributed by atoms with van der Waals surface area (Å²) in [6.07, 6.45) is 0. The largest absolute Gasteiger partial charge is 0.453 e. The molecule has 3 heteroatoms. The molecule has 264 valence electrons. The van der Waals surface area contributed by atoms with Gasteiger partial charge in [-0.3, -0.25) is 0 Å². The van der Waals surface area contributed by atoms with Gasteiger partial charge in [0.1, 0.15) is 0 Å². The van der Waals surface area contributed by atoms with Crippen molar-refractivity contribution < 1.29 is 4.74 Å². The van der Waals surface area contributed by atoms with Crippen molar-refractivity contribution in [2.75, 3.05) is 9.80 Å². The predicted molar refractivity (Wildman–Crippen MR) is 229 cm³/mol. The number of benzene rings is 8. The fourth-order valence-electron chi connectivity index (χ4n) is 9.59. The second-order valence-electron chi connectivity index (χ2n) is 16.2. The SMILES string of the molecule is CC1(C)c2ccccc2-c2ccc(N(c3ccc(-c4ccccc4)cc3)c3ccc4c(c3)N3c5c(cccc5C4(C)C)Oc4ccc5ccccc5c43)cc21. The summed E-state index contributed by atoms with van der Waals surface area (Å²) in [5.74, 6) is 1.76. The molecule has 0 atom stereocenters. The number of hydrogen-bond donors (Lipinski definition) is 0. The lowest BCUT2D eigenvalue weighted by Crippen LogP contribution is -2.32. The molecule has 0 N–H and O–H groups in total. The van der Waals surface area contributed by atoms with Crippen LogP contribution in [0.1, 0.15) is 49.9 Å². The summed E-state index contributed by atoms with van der Waals surface area (Å²) < 4.78 is 6.74. The fourth-order valence-corrected chi connectivity index (χ4v) is 9.59. The van der Waals surface area contributed by atoms with Crippen molar-refractivity contribution in [2.24, 2.45) is 0 Å². The lowest BCUT2D eigenvalue weighted by atomic mass is 9.73. The topological polar surface area (TPSA) is 15.7 Å². The third-order valence-electron chi connectivity index (χ3n) is 12.4. The van der Waals surface area contributed by atoms with Crippen LogP contribution in [0.25, 0.3) is 33.0 Å². The molecule has 0 saturated carbocycles. The Morgan fingerprint density at radius 1 is 0.436 bits per heavy atom. The monoisotopic (exact) mass is 708 g/mol. The van der Waals surface area contributed by atoms with E-state index in [1.807, 2.05) is 0 Å².